The number of aromatic amines is 1. The van der Waals surface area contributed by atoms with Crippen LogP contribution in [0.4, 0.5) is 4.39 Å². The van der Waals surface area contributed by atoms with Crippen LogP contribution in [0.25, 0.3) is 0 Å². The molecule has 23 heavy (non-hydrogen) atoms. The van der Waals surface area contributed by atoms with Gasteiger partial charge in [0.05, 0.1) is 12.3 Å². The van der Waals surface area contributed by atoms with E-state index >= 15 is 0 Å². The molecule has 4 N–H and O–H groups in total. The van der Waals surface area contributed by atoms with Gasteiger partial charge in [0, 0.05) is 6.42 Å². The van der Waals surface area contributed by atoms with Gasteiger partial charge in [-0.25, -0.2) is 9.36 Å². The summed E-state index contributed by atoms with van der Waals surface area (Å²) in [6.07, 6.45) is -3.08. The molecule has 0 bridgehead atoms. The Morgan fingerprint density at radius 2 is 2.09 bits per heavy atom. The quantitative estimate of drug-likeness (QED) is 0.514. The number of phosphoric ester groups is 1. The molecule has 0 aliphatic carbocycles. The Labute approximate surface area is 128 Å². The number of aromatic nitrogens is 2. The maximum absolute atomic E-state index is 13.3. The van der Waals surface area contributed by atoms with Crippen molar-refractivity contribution in [3.05, 3.63) is 32.9 Å². The normalized spacial score (nSPS) is 25.7. The van der Waals surface area contributed by atoms with E-state index in [1.807, 2.05) is 0 Å². The lowest BCUT2D eigenvalue weighted by Crippen LogP contribution is -2.44. The molecule has 0 amide bonds. The number of halogens is 1. The van der Waals surface area contributed by atoms with Crippen molar-refractivity contribution in [2.75, 3.05) is 0 Å². The first kappa shape index (κ1) is 18.0. The van der Waals surface area contributed by atoms with E-state index in [2.05, 4.69) is 4.52 Å². The summed E-state index contributed by atoms with van der Waals surface area (Å²) in [5, 5.41) is 10.0. The van der Waals surface area contributed by atoms with Crippen LogP contribution in [0.2, 0.25) is 0 Å². The summed E-state index contributed by atoms with van der Waals surface area (Å²) in [4.78, 5) is 42.3. The van der Waals surface area contributed by atoms with Gasteiger partial charge in [-0.15, -0.1) is 0 Å². The van der Waals surface area contributed by atoms with Crippen molar-refractivity contribution in [2.24, 2.45) is 0 Å². The minimum atomic E-state index is -4.85. The molecule has 0 spiro atoms. The van der Waals surface area contributed by atoms with Crippen LogP contribution in [0, 0.1) is 5.82 Å². The maximum atomic E-state index is 13.3. The predicted octanol–water partition coefficient (Wildman–Crippen LogP) is -0.788. The number of nitrogens with one attached hydrogen (secondary N) is 1. The van der Waals surface area contributed by atoms with Gasteiger partial charge in [0.25, 0.3) is 5.56 Å². The first-order valence-electron chi connectivity index (χ1n) is 6.51. The van der Waals surface area contributed by atoms with Gasteiger partial charge in [-0.05, 0) is 13.8 Å². The molecular weight excluding hydrogens is 338 g/mol. The van der Waals surface area contributed by atoms with Crippen LogP contribution < -0.4 is 11.2 Å². The lowest BCUT2D eigenvalue weighted by atomic mass is 9.97. The summed E-state index contributed by atoms with van der Waals surface area (Å²) < 4.78 is 35.0. The standard InChI is InChI=1S/C11H16FN2O8P/c1-11(2,22-23(18,19)20)8-6(15)3-7(21-8)14-4-5(12)9(16)13-10(14)17/h4,6-8,15H,3H2,1-2H3,(H,13,16,17)(H2,18,19,20)/t6?,7?,8-/m0/s1. The second-order valence-electron chi connectivity index (χ2n) is 5.64. The number of aliphatic hydroxyl groups excluding tert-OH is 1. The number of aliphatic hydroxyl groups is 1. The molecule has 2 heterocycles. The molecule has 3 atom stereocenters. The van der Waals surface area contributed by atoms with Crippen molar-refractivity contribution in [1.82, 2.24) is 9.55 Å². The predicted molar refractivity (Wildman–Crippen MR) is 73.0 cm³/mol. The van der Waals surface area contributed by atoms with Gasteiger partial charge in [0.2, 0.25) is 5.82 Å². The van der Waals surface area contributed by atoms with Crippen LogP contribution >= 0.6 is 7.82 Å². The third kappa shape index (κ3) is 3.94. The summed E-state index contributed by atoms with van der Waals surface area (Å²) in [6.45, 7) is 2.58. The Hall–Kier alpha value is -1.36. The summed E-state index contributed by atoms with van der Waals surface area (Å²) in [5.74, 6) is -1.21. The molecule has 0 aromatic carbocycles. The van der Waals surface area contributed by atoms with Crippen molar-refractivity contribution in [3.8, 4) is 0 Å². The van der Waals surface area contributed by atoms with Crippen LogP contribution in [-0.2, 0) is 13.8 Å². The number of ether oxygens (including phenoxy) is 1. The molecule has 12 heteroatoms. The van der Waals surface area contributed by atoms with Gasteiger partial charge in [0.1, 0.15) is 17.9 Å². The van der Waals surface area contributed by atoms with Gasteiger partial charge >= 0.3 is 13.5 Å². The van der Waals surface area contributed by atoms with E-state index in [0.29, 0.717) is 6.20 Å². The molecule has 2 rings (SSSR count). The topological polar surface area (TPSA) is 151 Å². The van der Waals surface area contributed by atoms with Crippen molar-refractivity contribution < 1.29 is 33.1 Å². The smallest absolute Gasteiger partial charge is 0.390 e. The highest BCUT2D eigenvalue weighted by molar-refractivity contribution is 7.46. The van der Waals surface area contributed by atoms with Crippen molar-refractivity contribution in [1.29, 1.82) is 0 Å². The van der Waals surface area contributed by atoms with Crippen LogP contribution in [0.1, 0.15) is 26.5 Å². The molecule has 1 aliphatic heterocycles. The highest BCUT2D eigenvalue weighted by atomic mass is 31.2. The monoisotopic (exact) mass is 354 g/mol. The maximum Gasteiger partial charge on any atom is 0.470 e. The highest BCUT2D eigenvalue weighted by Gasteiger charge is 2.48. The molecule has 1 saturated heterocycles. The molecular formula is C11H16FN2O8P. The number of hydrogen-bond acceptors (Lipinski definition) is 6. The molecule has 1 aromatic rings. The number of H-pyrrole nitrogens is 1. The van der Waals surface area contributed by atoms with Crippen molar-refractivity contribution in [3.63, 3.8) is 0 Å². The fourth-order valence-corrected chi connectivity index (χ4v) is 3.20. The van der Waals surface area contributed by atoms with Crippen LogP contribution in [0.15, 0.2) is 15.8 Å². The molecule has 1 fully saturated rings. The van der Waals surface area contributed by atoms with Gasteiger partial charge in [0.15, 0.2) is 0 Å². The number of hydrogen-bond donors (Lipinski definition) is 4. The first-order valence-corrected chi connectivity index (χ1v) is 8.04. The molecule has 1 aromatic heterocycles. The van der Waals surface area contributed by atoms with Gasteiger partial charge in [-0.3, -0.25) is 18.9 Å². The second kappa shape index (κ2) is 5.93. The fraction of sp³-hybridized carbons (Fsp3) is 0.636. The van der Waals surface area contributed by atoms with Crippen molar-refractivity contribution >= 4 is 7.82 Å². The van der Waals surface area contributed by atoms with E-state index in [1.54, 1.807) is 4.98 Å². The summed E-state index contributed by atoms with van der Waals surface area (Å²) in [7, 11) is -4.85. The Morgan fingerprint density at radius 1 is 1.48 bits per heavy atom. The zero-order chi connectivity index (χ0) is 17.6. The third-order valence-corrected chi connectivity index (χ3v) is 4.08. The fourth-order valence-electron chi connectivity index (χ4n) is 2.49. The van der Waals surface area contributed by atoms with Gasteiger partial charge in [-0.1, -0.05) is 0 Å². The highest BCUT2D eigenvalue weighted by Crippen LogP contribution is 2.46. The van der Waals surface area contributed by atoms with E-state index in [9.17, 15) is 23.7 Å². The van der Waals surface area contributed by atoms with Gasteiger partial charge in [-0.2, -0.15) is 4.39 Å². The minimum Gasteiger partial charge on any atom is -0.390 e. The van der Waals surface area contributed by atoms with Crippen LogP contribution in [0.3, 0.4) is 0 Å². The zero-order valence-electron chi connectivity index (χ0n) is 12.2. The average Bonchev–Trinajstić information content (AvgIpc) is 2.73. The minimum absolute atomic E-state index is 0.163. The van der Waals surface area contributed by atoms with Crippen LogP contribution in [-0.4, -0.2) is 42.3 Å². The van der Waals surface area contributed by atoms with Gasteiger partial charge < -0.3 is 19.6 Å². The Balaban J connectivity index is 2.28. The average molecular weight is 354 g/mol. The summed E-state index contributed by atoms with van der Waals surface area (Å²) >= 11 is 0. The first-order chi connectivity index (χ1) is 10.4. The lowest BCUT2D eigenvalue weighted by molar-refractivity contribution is -0.119. The van der Waals surface area contributed by atoms with Crippen molar-refractivity contribution in [2.45, 2.75) is 44.3 Å². The molecule has 0 radical (unpaired) electrons. The van der Waals surface area contributed by atoms with E-state index in [4.69, 9.17) is 14.5 Å². The lowest BCUT2D eigenvalue weighted by Gasteiger charge is -2.32. The molecule has 130 valence electrons. The van der Waals surface area contributed by atoms with E-state index < -0.39 is 48.9 Å². The summed E-state index contributed by atoms with van der Waals surface area (Å²) in [5.41, 5.74) is -3.72. The van der Waals surface area contributed by atoms with E-state index in [1.165, 1.54) is 13.8 Å². The number of phosphoric acid groups is 1. The third-order valence-electron chi connectivity index (χ3n) is 3.37. The number of nitrogens with zero attached hydrogens (tertiary/aromatic N) is 1. The molecule has 1 aliphatic rings. The summed E-state index contributed by atoms with van der Waals surface area (Å²) in [6, 6.07) is 0. The van der Waals surface area contributed by atoms with Crippen LogP contribution in [0.5, 0.6) is 0 Å². The zero-order valence-corrected chi connectivity index (χ0v) is 13.1. The SMILES string of the molecule is CC(C)(OP(=O)(O)O)[C@H]1OC(n2cc(F)c(=O)[nH]c2=O)CC1O. The molecule has 10 nitrogen and oxygen atoms in total. The Morgan fingerprint density at radius 3 is 2.65 bits per heavy atom. The van der Waals surface area contributed by atoms with E-state index in [0.717, 1.165) is 4.57 Å². The molecule has 0 saturated carbocycles. The second-order valence-corrected chi connectivity index (χ2v) is 6.81. The Kier molecular flexibility index (Phi) is 4.64. The largest absolute Gasteiger partial charge is 0.470 e. The number of rotatable bonds is 4. The van der Waals surface area contributed by atoms with E-state index in [-0.39, 0.29) is 6.42 Å². The Bertz CT molecular complexity index is 753. The molecule has 2 unspecified atom stereocenters.